The van der Waals surface area contributed by atoms with Gasteiger partial charge < -0.3 is 19.8 Å². The van der Waals surface area contributed by atoms with Crippen molar-refractivity contribution in [3.05, 3.63) is 29.3 Å². The summed E-state index contributed by atoms with van der Waals surface area (Å²) < 4.78 is 5.23. The minimum absolute atomic E-state index is 0.114. The summed E-state index contributed by atoms with van der Waals surface area (Å²) in [5, 5.41) is 17.8. The molecule has 5 heteroatoms. The SMILES string of the molecule is COc1ccc(C)cc1CC(=O)N(CCO)CCO. The Labute approximate surface area is 113 Å². The van der Waals surface area contributed by atoms with Crippen molar-refractivity contribution in [2.24, 2.45) is 0 Å². The lowest BCUT2D eigenvalue weighted by Gasteiger charge is -2.21. The molecule has 2 N–H and O–H groups in total. The Morgan fingerprint density at radius 2 is 1.89 bits per heavy atom. The maximum Gasteiger partial charge on any atom is 0.227 e. The van der Waals surface area contributed by atoms with Gasteiger partial charge in [0.25, 0.3) is 0 Å². The monoisotopic (exact) mass is 267 g/mol. The van der Waals surface area contributed by atoms with Crippen molar-refractivity contribution in [1.82, 2.24) is 4.90 Å². The van der Waals surface area contributed by atoms with Gasteiger partial charge in [-0.05, 0) is 13.0 Å². The van der Waals surface area contributed by atoms with Crippen molar-refractivity contribution in [3.63, 3.8) is 0 Å². The van der Waals surface area contributed by atoms with E-state index in [-0.39, 0.29) is 38.6 Å². The van der Waals surface area contributed by atoms with Gasteiger partial charge in [-0.2, -0.15) is 0 Å². The van der Waals surface area contributed by atoms with Crippen molar-refractivity contribution >= 4 is 5.91 Å². The third kappa shape index (κ3) is 4.54. The number of aliphatic hydroxyl groups is 2. The highest BCUT2D eigenvalue weighted by molar-refractivity contribution is 5.79. The molecule has 0 aliphatic rings. The first-order chi connectivity index (χ1) is 9.12. The molecule has 0 fully saturated rings. The number of rotatable bonds is 7. The van der Waals surface area contributed by atoms with E-state index in [1.807, 2.05) is 25.1 Å². The van der Waals surface area contributed by atoms with E-state index in [2.05, 4.69) is 0 Å². The number of hydrogen-bond acceptors (Lipinski definition) is 4. The third-order valence-corrected chi connectivity index (χ3v) is 2.87. The predicted octanol–water partition coefficient (Wildman–Crippen LogP) is 0.359. The van der Waals surface area contributed by atoms with Gasteiger partial charge >= 0.3 is 0 Å². The van der Waals surface area contributed by atoms with Crippen molar-refractivity contribution in [1.29, 1.82) is 0 Å². The second-order valence-corrected chi connectivity index (χ2v) is 4.32. The molecule has 0 unspecified atom stereocenters. The van der Waals surface area contributed by atoms with Crippen LogP contribution in [0.1, 0.15) is 11.1 Å². The van der Waals surface area contributed by atoms with Gasteiger partial charge in [0.05, 0.1) is 26.7 Å². The average molecular weight is 267 g/mol. The van der Waals surface area contributed by atoms with Crippen LogP contribution in [0, 0.1) is 6.92 Å². The molecule has 0 radical (unpaired) electrons. The van der Waals surface area contributed by atoms with E-state index in [0.29, 0.717) is 5.75 Å². The zero-order valence-electron chi connectivity index (χ0n) is 11.4. The highest BCUT2D eigenvalue weighted by Crippen LogP contribution is 2.20. The maximum atomic E-state index is 12.1. The summed E-state index contributed by atoms with van der Waals surface area (Å²) in [7, 11) is 1.57. The van der Waals surface area contributed by atoms with E-state index in [1.165, 1.54) is 4.90 Å². The molecule has 19 heavy (non-hydrogen) atoms. The van der Waals surface area contributed by atoms with E-state index in [0.717, 1.165) is 11.1 Å². The molecule has 0 aliphatic carbocycles. The number of amides is 1. The standard InChI is InChI=1S/C14H21NO4/c1-11-3-4-13(19-2)12(9-11)10-14(18)15(5-7-16)6-8-17/h3-4,9,16-17H,5-8,10H2,1-2H3. The van der Waals surface area contributed by atoms with Crippen LogP contribution in [0.4, 0.5) is 0 Å². The summed E-state index contributed by atoms with van der Waals surface area (Å²) in [4.78, 5) is 13.6. The number of carbonyl (C=O) groups is 1. The van der Waals surface area contributed by atoms with Crippen LogP contribution >= 0.6 is 0 Å². The topological polar surface area (TPSA) is 70.0 Å². The molecule has 0 heterocycles. The summed E-state index contributed by atoms with van der Waals surface area (Å²) in [6.45, 7) is 2.18. The summed E-state index contributed by atoms with van der Waals surface area (Å²) >= 11 is 0. The van der Waals surface area contributed by atoms with Crippen LogP contribution < -0.4 is 4.74 Å². The quantitative estimate of drug-likeness (QED) is 0.748. The number of carbonyl (C=O) groups excluding carboxylic acids is 1. The molecular formula is C14H21NO4. The lowest BCUT2D eigenvalue weighted by atomic mass is 10.1. The summed E-state index contributed by atoms with van der Waals surface area (Å²) in [6, 6.07) is 5.67. The molecule has 1 amide bonds. The number of hydrogen-bond donors (Lipinski definition) is 2. The molecule has 1 aromatic rings. The molecule has 0 bridgehead atoms. The Hall–Kier alpha value is -1.59. The van der Waals surface area contributed by atoms with Gasteiger partial charge in [-0.3, -0.25) is 4.79 Å². The molecule has 0 spiro atoms. The minimum atomic E-state index is -0.132. The van der Waals surface area contributed by atoms with Crippen LogP contribution in [0.5, 0.6) is 5.75 Å². The fourth-order valence-corrected chi connectivity index (χ4v) is 1.92. The molecule has 1 rings (SSSR count). The van der Waals surface area contributed by atoms with Crippen LogP contribution in [0.25, 0.3) is 0 Å². The fraction of sp³-hybridized carbons (Fsp3) is 0.500. The van der Waals surface area contributed by atoms with Crippen LogP contribution in [0.15, 0.2) is 18.2 Å². The third-order valence-electron chi connectivity index (χ3n) is 2.87. The molecule has 0 saturated carbocycles. The molecule has 0 atom stereocenters. The number of aryl methyl sites for hydroxylation is 1. The number of benzene rings is 1. The van der Waals surface area contributed by atoms with Crippen LogP contribution in [-0.4, -0.2) is 54.4 Å². The minimum Gasteiger partial charge on any atom is -0.496 e. The zero-order chi connectivity index (χ0) is 14.3. The summed E-state index contributed by atoms with van der Waals surface area (Å²) in [5.74, 6) is 0.541. The van der Waals surface area contributed by atoms with Gasteiger partial charge in [0.2, 0.25) is 5.91 Å². The number of methoxy groups -OCH3 is 1. The molecular weight excluding hydrogens is 246 g/mol. The first-order valence-corrected chi connectivity index (χ1v) is 6.25. The normalized spacial score (nSPS) is 10.3. The largest absolute Gasteiger partial charge is 0.496 e. The van der Waals surface area contributed by atoms with Crippen LogP contribution in [0.2, 0.25) is 0 Å². The number of aliphatic hydroxyl groups excluding tert-OH is 2. The van der Waals surface area contributed by atoms with E-state index < -0.39 is 0 Å². The molecule has 1 aromatic carbocycles. The van der Waals surface area contributed by atoms with E-state index in [4.69, 9.17) is 14.9 Å². The van der Waals surface area contributed by atoms with Gasteiger partial charge in [-0.25, -0.2) is 0 Å². The van der Waals surface area contributed by atoms with Crippen molar-refractivity contribution in [2.45, 2.75) is 13.3 Å². The Morgan fingerprint density at radius 3 is 2.42 bits per heavy atom. The first kappa shape index (κ1) is 15.5. The second kappa shape index (κ2) is 7.76. The van der Waals surface area contributed by atoms with Gasteiger partial charge in [0.15, 0.2) is 0 Å². The fourth-order valence-electron chi connectivity index (χ4n) is 1.92. The second-order valence-electron chi connectivity index (χ2n) is 4.32. The van der Waals surface area contributed by atoms with Crippen molar-refractivity contribution < 1.29 is 19.7 Å². The lowest BCUT2D eigenvalue weighted by Crippen LogP contribution is -2.36. The lowest BCUT2D eigenvalue weighted by molar-refractivity contribution is -0.131. The van der Waals surface area contributed by atoms with E-state index in [1.54, 1.807) is 7.11 Å². The summed E-state index contributed by atoms with van der Waals surface area (Å²) in [6.07, 6.45) is 0.199. The van der Waals surface area contributed by atoms with Gasteiger partial charge in [-0.1, -0.05) is 17.7 Å². The highest BCUT2D eigenvalue weighted by Gasteiger charge is 2.15. The maximum absolute atomic E-state index is 12.1. The molecule has 0 aromatic heterocycles. The molecule has 0 saturated heterocycles. The van der Waals surface area contributed by atoms with Crippen molar-refractivity contribution in [3.8, 4) is 5.75 Å². The van der Waals surface area contributed by atoms with E-state index in [9.17, 15) is 4.79 Å². The zero-order valence-corrected chi connectivity index (χ0v) is 11.4. The van der Waals surface area contributed by atoms with Crippen LogP contribution in [-0.2, 0) is 11.2 Å². The van der Waals surface area contributed by atoms with Gasteiger partial charge in [0, 0.05) is 18.7 Å². The summed E-state index contributed by atoms with van der Waals surface area (Å²) in [5.41, 5.74) is 1.87. The predicted molar refractivity (Wildman–Crippen MR) is 72.2 cm³/mol. The van der Waals surface area contributed by atoms with Gasteiger partial charge in [0.1, 0.15) is 5.75 Å². The molecule has 5 nitrogen and oxygen atoms in total. The first-order valence-electron chi connectivity index (χ1n) is 6.25. The highest BCUT2D eigenvalue weighted by atomic mass is 16.5. The average Bonchev–Trinajstić information content (AvgIpc) is 2.38. The Morgan fingerprint density at radius 1 is 1.26 bits per heavy atom. The smallest absolute Gasteiger partial charge is 0.227 e. The number of nitrogens with zero attached hydrogens (tertiary/aromatic N) is 1. The van der Waals surface area contributed by atoms with E-state index >= 15 is 0 Å². The Bertz CT molecular complexity index is 414. The molecule has 0 aliphatic heterocycles. The Kier molecular flexibility index (Phi) is 6.32. The number of ether oxygens (including phenoxy) is 1. The van der Waals surface area contributed by atoms with Gasteiger partial charge in [-0.15, -0.1) is 0 Å². The van der Waals surface area contributed by atoms with Crippen molar-refractivity contribution in [2.75, 3.05) is 33.4 Å². The molecule has 106 valence electrons. The van der Waals surface area contributed by atoms with Crippen LogP contribution in [0.3, 0.4) is 0 Å². The Balaban J connectivity index is 2.82.